The van der Waals surface area contributed by atoms with Gasteiger partial charge in [0.1, 0.15) is 9.71 Å². The second-order valence-electron chi connectivity index (χ2n) is 5.17. The number of esters is 1. The lowest BCUT2D eigenvalue weighted by molar-refractivity contribution is 0.0531. The molecule has 0 radical (unpaired) electrons. The van der Waals surface area contributed by atoms with E-state index in [9.17, 15) is 9.59 Å². The van der Waals surface area contributed by atoms with E-state index in [0.29, 0.717) is 33.0 Å². The van der Waals surface area contributed by atoms with Gasteiger partial charge in [-0.3, -0.25) is 4.79 Å². The minimum Gasteiger partial charge on any atom is -0.462 e. The third-order valence-electron chi connectivity index (χ3n) is 3.82. The number of hydrogen-bond donors (Lipinski definition) is 1. The van der Waals surface area contributed by atoms with E-state index in [0.717, 1.165) is 11.0 Å². The second-order valence-corrected chi connectivity index (χ2v) is 6.17. The molecule has 0 aliphatic heterocycles. The molecular formula is C16H13N3O3S. The molecule has 3 heterocycles. The molecule has 1 N–H and O–H groups in total. The Morgan fingerprint density at radius 1 is 1.39 bits per heavy atom. The SMILES string of the molecule is CCOC(=O)c1sc2nc3[nH]c4ccccc4n3c(=O)c2c1C. The van der Waals surface area contributed by atoms with Crippen molar-refractivity contribution in [1.82, 2.24) is 14.4 Å². The van der Waals surface area contributed by atoms with Gasteiger partial charge in [-0.1, -0.05) is 12.1 Å². The van der Waals surface area contributed by atoms with Gasteiger partial charge >= 0.3 is 5.97 Å². The van der Waals surface area contributed by atoms with Crippen LogP contribution < -0.4 is 5.56 Å². The summed E-state index contributed by atoms with van der Waals surface area (Å²) < 4.78 is 6.60. The van der Waals surface area contributed by atoms with E-state index in [4.69, 9.17) is 4.74 Å². The van der Waals surface area contributed by atoms with Crippen LogP contribution in [0.1, 0.15) is 22.2 Å². The Labute approximate surface area is 134 Å². The molecule has 0 atom stereocenters. The number of ether oxygens (including phenoxy) is 1. The first-order valence-electron chi connectivity index (χ1n) is 7.21. The number of nitrogens with zero attached hydrogens (tertiary/aromatic N) is 2. The molecule has 0 unspecified atom stereocenters. The van der Waals surface area contributed by atoms with E-state index in [1.165, 1.54) is 11.3 Å². The average molecular weight is 327 g/mol. The zero-order chi connectivity index (χ0) is 16.1. The topological polar surface area (TPSA) is 76.5 Å². The fourth-order valence-corrected chi connectivity index (χ4v) is 3.84. The molecule has 6 nitrogen and oxygen atoms in total. The summed E-state index contributed by atoms with van der Waals surface area (Å²) in [5.74, 6) is 0.0614. The van der Waals surface area contributed by atoms with Crippen molar-refractivity contribution in [3.63, 3.8) is 0 Å². The number of imidazole rings is 1. The van der Waals surface area contributed by atoms with Gasteiger partial charge in [-0.15, -0.1) is 11.3 Å². The van der Waals surface area contributed by atoms with Crippen molar-refractivity contribution in [2.75, 3.05) is 6.61 Å². The predicted octanol–water partition coefficient (Wildman–Crippen LogP) is 2.88. The Hall–Kier alpha value is -2.67. The predicted molar refractivity (Wildman–Crippen MR) is 89.4 cm³/mol. The lowest BCUT2D eigenvalue weighted by atomic mass is 10.2. The summed E-state index contributed by atoms with van der Waals surface area (Å²) in [6.07, 6.45) is 0. The molecule has 0 saturated carbocycles. The van der Waals surface area contributed by atoms with E-state index in [-0.39, 0.29) is 5.56 Å². The normalized spacial score (nSPS) is 11.6. The van der Waals surface area contributed by atoms with Gasteiger partial charge in [0.05, 0.1) is 23.0 Å². The maximum Gasteiger partial charge on any atom is 0.348 e. The minimum atomic E-state index is -0.411. The highest BCUT2D eigenvalue weighted by Crippen LogP contribution is 2.28. The summed E-state index contributed by atoms with van der Waals surface area (Å²) in [4.78, 5) is 33.6. The number of aromatic amines is 1. The van der Waals surface area contributed by atoms with Crippen LogP contribution in [0.5, 0.6) is 0 Å². The molecule has 1 aromatic carbocycles. The second kappa shape index (κ2) is 4.92. The van der Waals surface area contributed by atoms with Crippen molar-refractivity contribution in [2.45, 2.75) is 13.8 Å². The number of fused-ring (bicyclic) bond motifs is 4. The molecule has 3 aromatic heterocycles. The fraction of sp³-hybridized carbons (Fsp3) is 0.188. The molecule has 0 spiro atoms. The molecule has 0 bridgehead atoms. The molecule has 7 heteroatoms. The number of carbonyl (C=O) groups is 1. The van der Waals surface area contributed by atoms with Gasteiger partial charge in [-0.25, -0.2) is 14.2 Å². The molecule has 0 amide bonds. The Bertz CT molecular complexity index is 1140. The van der Waals surface area contributed by atoms with E-state index < -0.39 is 5.97 Å². The molecule has 0 aliphatic carbocycles. The highest BCUT2D eigenvalue weighted by molar-refractivity contribution is 7.20. The molecule has 4 rings (SSSR count). The molecule has 23 heavy (non-hydrogen) atoms. The number of para-hydroxylation sites is 2. The van der Waals surface area contributed by atoms with Crippen LogP contribution in [0.25, 0.3) is 27.0 Å². The van der Waals surface area contributed by atoms with Gasteiger partial charge in [0.2, 0.25) is 5.78 Å². The van der Waals surface area contributed by atoms with Gasteiger partial charge in [0.15, 0.2) is 0 Å². The first-order chi connectivity index (χ1) is 11.1. The van der Waals surface area contributed by atoms with Crippen LogP contribution in [0.2, 0.25) is 0 Å². The van der Waals surface area contributed by atoms with Crippen molar-refractivity contribution in [3.8, 4) is 0 Å². The summed E-state index contributed by atoms with van der Waals surface area (Å²) in [6, 6.07) is 7.53. The molecule has 0 aliphatic rings. The average Bonchev–Trinajstić information content (AvgIpc) is 3.06. The number of rotatable bonds is 2. The van der Waals surface area contributed by atoms with Gasteiger partial charge in [0.25, 0.3) is 5.56 Å². The molecule has 0 fully saturated rings. The summed E-state index contributed by atoms with van der Waals surface area (Å²) in [5, 5.41) is 0.473. The Morgan fingerprint density at radius 3 is 2.96 bits per heavy atom. The largest absolute Gasteiger partial charge is 0.462 e. The van der Waals surface area contributed by atoms with Crippen molar-refractivity contribution in [2.24, 2.45) is 0 Å². The summed E-state index contributed by atoms with van der Waals surface area (Å²) in [5.41, 5.74) is 2.07. The van der Waals surface area contributed by atoms with Crippen molar-refractivity contribution >= 4 is 44.3 Å². The minimum absolute atomic E-state index is 0.174. The maximum atomic E-state index is 12.9. The van der Waals surface area contributed by atoms with Crippen molar-refractivity contribution in [3.05, 3.63) is 45.1 Å². The Kier molecular flexibility index (Phi) is 2.99. The number of benzene rings is 1. The summed E-state index contributed by atoms with van der Waals surface area (Å²) in [7, 11) is 0. The van der Waals surface area contributed by atoms with Crippen LogP contribution in [0.4, 0.5) is 0 Å². The lowest BCUT2D eigenvalue weighted by Crippen LogP contribution is -2.14. The van der Waals surface area contributed by atoms with Crippen LogP contribution in [-0.2, 0) is 4.74 Å². The monoisotopic (exact) mass is 327 g/mol. The van der Waals surface area contributed by atoms with Crippen LogP contribution in [0, 0.1) is 6.92 Å². The fourth-order valence-electron chi connectivity index (χ4n) is 2.78. The first kappa shape index (κ1) is 14.0. The van der Waals surface area contributed by atoms with Gasteiger partial charge in [0, 0.05) is 0 Å². The standard InChI is InChI=1S/C16H13N3O3S/c1-3-22-15(21)12-8(2)11-13(23-12)18-16-17-9-6-4-5-7-10(9)19(16)14(11)20/h4-7H,3H2,1-2H3,(H,17,18). The van der Waals surface area contributed by atoms with Gasteiger partial charge < -0.3 is 9.72 Å². The first-order valence-corrected chi connectivity index (χ1v) is 8.03. The number of aryl methyl sites for hydroxylation is 1. The smallest absolute Gasteiger partial charge is 0.348 e. The van der Waals surface area contributed by atoms with Crippen LogP contribution in [0.3, 0.4) is 0 Å². The van der Waals surface area contributed by atoms with Crippen LogP contribution >= 0.6 is 11.3 Å². The van der Waals surface area contributed by atoms with Crippen LogP contribution in [0.15, 0.2) is 29.1 Å². The van der Waals surface area contributed by atoms with E-state index in [2.05, 4.69) is 9.97 Å². The number of aromatic nitrogens is 3. The quantitative estimate of drug-likeness (QED) is 0.574. The third kappa shape index (κ3) is 1.90. The van der Waals surface area contributed by atoms with Crippen LogP contribution in [-0.4, -0.2) is 26.9 Å². The van der Waals surface area contributed by atoms with E-state index >= 15 is 0 Å². The number of H-pyrrole nitrogens is 1. The summed E-state index contributed by atoms with van der Waals surface area (Å²) >= 11 is 1.19. The Balaban J connectivity index is 2.12. The summed E-state index contributed by atoms with van der Waals surface area (Å²) in [6.45, 7) is 3.81. The number of carbonyl (C=O) groups excluding carboxylic acids is 1. The number of thiophene rings is 1. The molecule has 4 aromatic rings. The molecular weight excluding hydrogens is 314 g/mol. The highest BCUT2D eigenvalue weighted by atomic mass is 32.1. The van der Waals surface area contributed by atoms with E-state index in [1.54, 1.807) is 18.2 Å². The molecule has 116 valence electrons. The number of nitrogens with one attached hydrogen (secondary N) is 1. The highest BCUT2D eigenvalue weighted by Gasteiger charge is 2.21. The van der Waals surface area contributed by atoms with Crippen molar-refractivity contribution in [1.29, 1.82) is 0 Å². The Morgan fingerprint density at radius 2 is 2.17 bits per heavy atom. The maximum absolute atomic E-state index is 12.9. The zero-order valence-electron chi connectivity index (χ0n) is 12.5. The van der Waals surface area contributed by atoms with Gasteiger partial charge in [-0.05, 0) is 31.5 Å². The van der Waals surface area contributed by atoms with Gasteiger partial charge in [-0.2, -0.15) is 0 Å². The lowest BCUT2D eigenvalue weighted by Gasteiger charge is -1.99. The van der Waals surface area contributed by atoms with Crippen molar-refractivity contribution < 1.29 is 9.53 Å². The molecule has 0 saturated heterocycles. The zero-order valence-corrected chi connectivity index (χ0v) is 13.4. The van der Waals surface area contributed by atoms with E-state index in [1.807, 2.05) is 24.3 Å². The third-order valence-corrected chi connectivity index (χ3v) is 4.98. The number of hydrogen-bond acceptors (Lipinski definition) is 5.